The highest BCUT2D eigenvalue weighted by Crippen LogP contribution is 2.28. The summed E-state index contributed by atoms with van der Waals surface area (Å²) >= 11 is 0. The van der Waals surface area contributed by atoms with Crippen LogP contribution in [0.4, 0.5) is 4.39 Å². The Morgan fingerprint density at radius 1 is 1.50 bits per heavy atom. The van der Waals surface area contributed by atoms with Crippen LogP contribution in [-0.2, 0) is 0 Å². The van der Waals surface area contributed by atoms with Gasteiger partial charge in [0.15, 0.2) is 0 Å². The number of aliphatic hydroxyl groups is 1. The minimum Gasteiger partial charge on any atom is -0.496 e. The second kappa shape index (κ2) is 4.96. The SMILES string of the molecule is CCC[C@H](O)c1ccc(F)cc1OC. The zero-order valence-electron chi connectivity index (χ0n) is 8.46. The number of hydrogen-bond acceptors (Lipinski definition) is 2. The average Bonchev–Trinajstić information content (AvgIpc) is 2.17. The van der Waals surface area contributed by atoms with E-state index in [1.807, 2.05) is 6.92 Å². The maximum atomic E-state index is 12.8. The molecule has 1 N–H and O–H groups in total. The first-order valence-electron chi connectivity index (χ1n) is 4.70. The van der Waals surface area contributed by atoms with Gasteiger partial charge in [0.2, 0.25) is 0 Å². The molecule has 78 valence electrons. The fraction of sp³-hybridized carbons (Fsp3) is 0.455. The van der Waals surface area contributed by atoms with Gasteiger partial charge in [-0.15, -0.1) is 0 Å². The molecule has 0 spiro atoms. The molecule has 0 bridgehead atoms. The van der Waals surface area contributed by atoms with Gasteiger partial charge in [-0.25, -0.2) is 4.39 Å². The molecule has 0 fully saturated rings. The summed E-state index contributed by atoms with van der Waals surface area (Å²) in [5, 5.41) is 9.72. The van der Waals surface area contributed by atoms with Crippen LogP contribution in [0.25, 0.3) is 0 Å². The fourth-order valence-corrected chi connectivity index (χ4v) is 1.39. The van der Waals surface area contributed by atoms with E-state index in [1.165, 1.54) is 19.2 Å². The standard InChI is InChI=1S/C11H15FO2/c1-3-4-10(13)9-6-5-8(12)7-11(9)14-2/h5-7,10,13H,3-4H2,1-2H3/t10-/m0/s1. The van der Waals surface area contributed by atoms with Gasteiger partial charge in [-0.05, 0) is 18.6 Å². The van der Waals surface area contributed by atoms with E-state index in [4.69, 9.17) is 4.74 Å². The van der Waals surface area contributed by atoms with Crippen molar-refractivity contribution in [3.8, 4) is 5.75 Å². The van der Waals surface area contributed by atoms with E-state index in [0.717, 1.165) is 6.42 Å². The number of aliphatic hydroxyl groups excluding tert-OH is 1. The van der Waals surface area contributed by atoms with Crippen molar-refractivity contribution in [2.75, 3.05) is 7.11 Å². The van der Waals surface area contributed by atoms with E-state index >= 15 is 0 Å². The maximum Gasteiger partial charge on any atom is 0.127 e. The molecule has 0 aromatic heterocycles. The Labute approximate surface area is 83.3 Å². The first-order valence-corrected chi connectivity index (χ1v) is 4.70. The van der Waals surface area contributed by atoms with Gasteiger partial charge in [0, 0.05) is 11.6 Å². The van der Waals surface area contributed by atoms with Gasteiger partial charge in [0.25, 0.3) is 0 Å². The molecule has 0 heterocycles. The highest BCUT2D eigenvalue weighted by atomic mass is 19.1. The lowest BCUT2D eigenvalue weighted by Crippen LogP contribution is -2.00. The predicted molar refractivity (Wildman–Crippen MR) is 52.8 cm³/mol. The Morgan fingerprint density at radius 3 is 2.79 bits per heavy atom. The molecule has 0 aliphatic carbocycles. The summed E-state index contributed by atoms with van der Waals surface area (Å²) in [6.07, 6.45) is 0.958. The van der Waals surface area contributed by atoms with Crippen molar-refractivity contribution in [1.29, 1.82) is 0 Å². The summed E-state index contributed by atoms with van der Waals surface area (Å²) in [6, 6.07) is 4.18. The van der Waals surface area contributed by atoms with Crippen molar-refractivity contribution >= 4 is 0 Å². The molecule has 0 saturated heterocycles. The lowest BCUT2D eigenvalue weighted by atomic mass is 10.0. The Kier molecular flexibility index (Phi) is 3.89. The maximum absolute atomic E-state index is 12.8. The van der Waals surface area contributed by atoms with Crippen molar-refractivity contribution in [2.24, 2.45) is 0 Å². The Morgan fingerprint density at radius 2 is 2.21 bits per heavy atom. The molecular formula is C11H15FO2. The zero-order chi connectivity index (χ0) is 10.6. The van der Waals surface area contributed by atoms with E-state index in [9.17, 15) is 9.50 Å². The number of rotatable bonds is 4. The molecule has 3 heteroatoms. The number of ether oxygens (including phenoxy) is 1. The third-order valence-corrected chi connectivity index (χ3v) is 2.12. The topological polar surface area (TPSA) is 29.5 Å². The van der Waals surface area contributed by atoms with Gasteiger partial charge in [-0.3, -0.25) is 0 Å². The largest absolute Gasteiger partial charge is 0.496 e. The van der Waals surface area contributed by atoms with Gasteiger partial charge in [-0.1, -0.05) is 13.3 Å². The lowest BCUT2D eigenvalue weighted by Gasteiger charge is -2.13. The van der Waals surface area contributed by atoms with Crippen LogP contribution in [0.2, 0.25) is 0 Å². The van der Waals surface area contributed by atoms with Gasteiger partial charge in [0.05, 0.1) is 13.2 Å². The monoisotopic (exact) mass is 198 g/mol. The summed E-state index contributed by atoms with van der Waals surface area (Å²) in [4.78, 5) is 0. The minimum absolute atomic E-state index is 0.353. The molecule has 1 rings (SSSR count). The van der Waals surface area contributed by atoms with Crippen LogP contribution in [0.15, 0.2) is 18.2 Å². The number of hydrogen-bond donors (Lipinski definition) is 1. The normalized spacial score (nSPS) is 12.6. The quantitative estimate of drug-likeness (QED) is 0.806. The second-order valence-electron chi connectivity index (χ2n) is 3.19. The molecule has 0 aliphatic heterocycles. The molecule has 0 aliphatic rings. The Bertz CT molecular complexity index is 299. The van der Waals surface area contributed by atoms with Crippen LogP contribution in [0, 0.1) is 5.82 Å². The predicted octanol–water partition coefficient (Wildman–Crippen LogP) is 2.67. The Hall–Kier alpha value is -1.09. The zero-order valence-corrected chi connectivity index (χ0v) is 8.46. The van der Waals surface area contributed by atoms with E-state index in [-0.39, 0.29) is 5.82 Å². The van der Waals surface area contributed by atoms with Crippen LogP contribution in [0.3, 0.4) is 0 Å². The highest BCUT2D eigenvalue weighted by Gasteiger charge is 2.12. The summed E-state index contributed by atoms with van der Waals surface area (Å²) in [6.45, 7) is 1.99. The van der Waals surface area contributed by atoms with E-state index in [0.29, 0.717) is 17.7 Å². The summed E-state index contributed by atoms with van der Waals surface area (Å²) in [7, 11) is 1.47. The molecular weight excluding hydrogens is 183 g/mol. The summed E-state index contributed by atoms with van der Waals surface area (Å²) < 4.78 is 17.8. The number of benzene rings is 1. The average molecular weight is 198 g/mol. The second-order valence-corrected chi connectivity index (χ2v) is 3.19. The molecule has 1 aromatic rings. The fourth-order valence-electron chi connectivity index (χ4n) is 1.39. The van der Waals surface area contributed by atoms with Crippen molar-refractivity contribution in [2.45, 2.75) is 25.9 Å². The molecule has 1 atom stereocenters. The third-order valence-electron chi connectivity index (χ3n) is 2.12. The molecule has 0 unspecified atom stereocenters. The smallest absolute Gasteiger partial charge is 0.127 e. The molecule has 2 nitrogen and oxygen atoms in total. The molecule has 0 saturated carbocycles. The lowest BCUT2D eigenvalue weighted by molar-refractivity contribution is 0.162. The van der Waals surface area contributed by atoms with Gasteiger partial charge in [0.1, 0.15) is 11.6 Å². The first kappa shape index (κ1) is 11.0. The minimum atomic E-state index is -0.574. The highest BCUT2D eigenvalue weighted by molar-refractivity contribution is 5.35. The van der Waals surface area contributed by atoms with Crippen LogP contribution in [0.5, 0.6) is 5.75 Å². The van der Waals surface area contributed by atoms with Crippen molar-refractivity contribution in [1.82, 2.24) is 0 Å². The van der Waals surface area contributed by atoms with Crippen LogP contribution in [0.1, 0.15) is 31.4 Å². The van der Waals surface area contributed by atoms with Crippen LogP contribution in [-0.4, -0.2) is 12.2 Å². The van der Waals surface area contributed by atoms with Gasteiger partial charge < -0.3 is 9.84 Å². The third kappa shape index (κ3) is 2.45. The summed E-state index contributed by atoms with van der Waals surface area (Å²) in [5.74, 6) is 0.0558. The number of methoxy groups -OCH3 is 1. The van der Waals surface area contributed by atoms with Gasteiger partial charge in [-0.2, -0.15) is 0 Å². The van der Waals surface area contributed by atoms with Crippen LogP contribution >= 0.6 is 0 Å². The molecule has 1 aromatic carbocycles. The van der Waals surface area contributed by atoms with Gasteiger partial charge >= 0.3 is 0 Å². The number of halogens is 1. The van der Waals surface area contributed by atoms with Crippen LogP contribution < -0.4 is 4.74 Å². The molecule has 0 radical (unpaired) electrons. The van der Waals surface area contributed by atoms with Crippen molar-refractivity contribution in [3.05, 3.63) is 29.6 Å². The Balaban J connectivity index is 2.95. The van der Waals surface area contributed by atoms with E-state index in [2.05, 4.69) is 0 Å². The van der Waals surface area contributed by atoms with E-state index in [1.54, 1.807) is 6.07 Å². The summed E-state index contributed by atoms with van der Waals surface area (Å²) in [5.41, 5.74) is 0.649. The molecule has 0 amide bonds. The van der Waals surface area contributed by atoms with Crippen molar-refractivity contribution < 1.29 is 14.2 Å². The van der Waals surface area contributed by atoms with Crippen molar-refractivity contribution in [3.63, 3.8) is 0 Å². The first-order chi connectivity index (χ1) is 6.69. The molecule has 14 heavy (non-hydrogen) atoms. The van der Waals surface area contributed by atoms with E-state index < -0.39 is 6.10 Å².